The van der Waals surface area contributed by atoms with E-state index in [1.165, 1.54) is 6.08 Å². The summed E-state index contributed by atoms with van der Waals surface area (Å²) >= 11 is 0. The molecule has 8 heteroatoms. The Morgan fingerprint density at radius 2 is 1.86 bits per heavy atom. The molecule has 1 aliphatic rings. The second-order valence-electron chi connectivity index (χ2n) is 6.08. The number of allylic oxidation sites excluding steroid dienone is 3. The Labute approximate surface area is 164 Å². The maximum atomic E-state index is 10.3. The van der Waals surface area contributed by atoms with Gasteiger partial charge in [0, 0.05) is 6.61 Å². The van der Waals surface area contributed by atoms with E-state index in [2.05, 4.69) is 23.7 Å². The van der Waals surface area contributed by atoms with Gasteiger partial charge in [0.15, 0.2) is 6.29 Å². The Hall–Kier alpha value is -1.72. The Bertz CT molecular complexity index is 622. The fourth-order valence-corrected chi connectivity index (χ4v) is 2.35. The van der Waals surface area contributed by atoms with Crippen LogP contribution in [-0.2, 0) is 9.47 Å². The molecule has 0 aromatic heterocycles. The van der Waals surface area contributed by atoms with Crippen LogP contribution in [0.25, 0.3) is 0 Å². The van der Waals surface area contributed by atoms with E-state index in [0.717, 1.165) is 0 Å². The summed E-state index contributed by atoms with van der Waals surface area (Å²) in [5.41, 5.74) is 0. The molecule has 156 valence electrons. The van der Waals surface area contributed by atoms with Crippen molar-refractivity contribution in [1.82, 2.24) is 0 Å². The smallest absolute Gasteiger partial charge is 0.187 e. The highest BCUT2D eigenvalue weighted by Gasteiger charge is 2.45. The van der Waals surface area contributed by atoms with Gasteiger partial charge in [0.05, 0.1) is 6.61 Å². The first kappa shape index (κ1) is 24.3. The van der Waals surface area contributed by atoms with Gasteiger partial charge in [0.2, 0.25) is 0 Å². The van der Waals surface area contributed by atoms with Crippen LogP contribution in [0.15, 0.2) is 24.3 Å². The highest BCUT2D eigenvalue weighted by atomic mass is 16.7. The van der Waals surface area contributed by atoms with Crippen LogP contribution in [0.5, 0.6) is 0 Å². The second kappa shape index (κ2) is 13.5. The fourth-order valence-electron chi connectivity index (χ4n) is 2.35. The number of unbranched alkanes of at least 4 members (excludes halogenated alkanes) is 1. The summed E-state index contributed by atoms with van der Waals surface area (Å²) in [6, 6.07) is 0. The third kappa shape index (κ3) is 7.72. The van der Waals surface area contributed by atoms with Crippen LogP contribution in [0.2, 0.25) is 0 Å². The molecule has 0 spiro atoms. The first-order chi connectivity index (χ1) is 13.5. The maximum Gasteiger partial charge on any atom is 0.187 e. The Morgan fingerprint density at radius 1 is 1.11 bits per heavy atom. The topological polar surface area (TPSA) is 140 Å². The molecule has 0 bridgehead atoms. The van der Waals surface area contributed by atoms with Crippen LogP contribution in [0, 0.1) is 23.7 Å². The van der Waals surface area contributed by atoms with E-state index in [4.69, 9.17) is 14.6 Å². The summed E-state index contributed by atoms with van der Waals surface area (Å²) in [6.45, 7) is 1.22. The molecule has 0 amide bonds. The number of hydrogen-bond donors (Lipinski definition) is 6. The monoisotopic (exact) mass is 396 g/mol. The van der Waals surface area contributed by atoms with E-state index in [1.54, 1.807) is 25.2 Å². The molecule has 8 nitrogen and oxygen atoms in total. The standard InChI is InChI=1S/C20H28O8/c1-2-3-4-5-7-10-14(23)15(11-8-6-9-12-21)27-20-19(26)18(25)17(24)16(13-22)28-20/h2-3,8,11,14-26H,6,9,12-13H2,1H3/b3-2-,11-8-/t14-,15-,16+,17+,18-,19+,20+/m0/s1. The van der Waals surface area contributed by atoms with Gasteiger partial charge in [-0.2, -0.15) is 0 Å². The third-order valence-electron chi connectivity index (χ3n) is 3.91. The third-order valence-corrected chi connectivity index (χ3v) is 3.91. The van der Waals surface area contributed by atoms with E-state index in [1.807, 2.05) is 0 Å². The normalized spacial score (nSPS) is 29.8. The van der Waals surface area contributed by atoms with Gasteiger partial charge < -0.3 is 40.1 Å². The molecular formula is C20H28O8. The second-order valence-corrected chi connectivity index (χ2v) is 6.08. The summed E-state index contributed by atoms with van der Waals surface area (Å²) < 4.78 is 10.9. The van der Waals surface area contributed by atoms with Crippen molar-refractivity contribution in [3.63, 3.8) is 0 Å². The van der Waals surface area contributed by atoms with E-state index in [0.29, 0.717) is 12.8 Å². The van der Waals surface area contributed by atoms with E-state index in [-0.39, 0.29) is 6.61 Å². The summed E-state index contributed by atoms with van der Waals surface area (Å²) in [4.78, 5) is 0. The Morgan fingerprint density at radius 3 is 2.50 bits per heavy atom. The first-order valence-electron chi connectivity index (χ1n) is 9.00. The maximum absolute atomic E-state index is 10.3. The highest BCUT2D eigenvalue weighted by molar-refractivity contribution is 5.32. The molecule has 0 saturated carbocycles. The van der Waals surface area contributed by atoms with Crippen molar-refractivity contribution in [2.24, 2.45) is 0 Å². The lowest BCUT2D eigenvalue weighted by Gasteiger charge is -2.40. The van der Waals surface area contributed by atoms with Crippen LogP contribution in [0.3, 0.4) is 0 Å². The van der Waals surface area contributed by atoms with E-state index < -0.39 is 49.5 Å². The molecule has 0 aromatic rings. The van der Waals surface area contributed by atoms with E-state index >= 15 is 0 Å². The van der Waals surface area contributed by atoms with Crippen LogP contribution in [0.4, 0.5) is 0 Å². The molecule has 0 radical (unpaired) electrons. The average molecular weight is 396 g/mol. The molecular weight excluding hydrogens is 368 g/mol. The summed E-state index contributed by atoms with van der Waals surface area (Å²) in [6.07, 6.45) is -2.07. The number of aliphatic hydroxyl groups excluding tert-OH is 6. The van der Waals surface area contributed by atoms with Gasteiger partial charge in [0.1, 0.15) is 36.6 Å². The van der Waals surface area contributed by atoms with Crippen LogP contribution in [-0.4, -0.2) is 86.8 Å². The molecule has 7 atom stereocenters. The van der Waals surface area contributed by atoms with Gasteiger partial charge in [0.25, 0.3) is 0 Å². The molecule has 1 fully saturated rings. The average Bonchev–Trinajstić information content (AvgIpc) is 2.69. The fraction of sp³-hybridized carbons (Fsp3) is 0.600. The van der Waals surface area contributed by atoms with Crippen molar-refractivity contribution in [3.8, 4) is 23.7 Å². The zero-order valence-corrected chi connectivity index (χ0v) is 15.7. The number of hydrogen-bond acceptors (Lipinski definition) is 8. The van der Waals surface area contributed by atoms with Gasteiger partial charge in [-0.1, -0.05) is 30.1 Å². The quantitative estimate of drug-likeness (QED) is 0.165. The lowest BCUT2D eigenvalue weighted by Crippen LogP contribution is -2.60. The predicted octanol–water partition coefficient (Wildman–Crippen LogP) is -1.56. The minimum Gasteiger partial charge on any atom is -0.396 e. The highest BCUT2D eigenvalue weighted by Crippen LogP contribution is 2.23. The molecule has 0 aromatic carbocycles. The number of ether oxygens (including phenoxy) is 2. The van der Waals surface area contributed by atoms with Crippen molar-refractivity contribution >= 4 is 0 Å². The summed E-state index contributed by atoms with van der Waals surface area (Å²) in [7, 11) is 0. The Balaban J connectivity index is 2.92. The van der Waals surface area contributed by atoms with Gasteiger partial charge in [-0.05, 0) is 37.7 Å². The van der Waals surface area contributed by atoms with Gasteiger partial charge in [-0.3, -0.25) is 0 Å². The lowest BCUT2D eigenvalue weighted by molar-refractivity contribution is -0.311. The van der Waals surface area contributed by atoms with Crippen molar-refractivity contribution in [1.29, 1.82) is 0 Å². The number of aliphatic hydroxyl groups is 6. The SMILES string of the molecule is C/C=C\C#CC#C[C@H](O)[C@H](/C=C\CCCO)O[C@@H]1O[C@H](CO)[C@@H](O)[C@H](O)[C@H]1O. The van der Waals surface area contributed by atoms with Crippen LogP contribution < -0.4 is 0 Å². The lowest BCUT2D eigenvalue weighted by atomic mass is 9.99. The first-order valence-corrected chi connectivity index (χ1v) is 9.00. The molecule has 1 saturated heterocycles. The van der Waals surface area contributed by atoms with Crippen LogP contribution in [0.1, 0.15) is 19.8 Å². The molecule has 28 heavy (non-hydrogen) atoms. The van der Waals surface area contributed by atoms with Crippen molar-refractivity contribution in [2.75, 3.05) is 13.2 Å². The van der Waals surface area contributed by atoms with E-state index in [9.17, 15) is 25.5 Å². The minimum absolute atomic E-state index is 0.00543. The van der Waals surface area contributed by atoms with Gasteiger partial charge in [-0.25, -0.2) is 0 Å². The largest absolute Gasteiger partial charge is 0.396 e. The molecule has 0 unspecified atom stereocenters. The zero-order chi connectivity index (χ0) is 20.9. The van der Waals surface area contributed by atoms with Gasteiger partial charge >= 0.3 is 0 Å². The predicted molar refractivity (Wildman–Crippen MR) is 100 cm³/mol. The summed E-state index contributed by atoms with van der Waals surface area (Å²) in [5, 5.41) is 58.2. The zero-order valence-electron chi connectivity index (χ0n) is 15.7. The summed E-state index contributed by atoms with van der Waals surface area (Å²) in [5.74, 6) is 10.2. The van der Waals surface area contributed by atoms with Gasteiger partial charge in [-0.15, -0.1) is 0 Å². The molecule has 1 rings (SSSR count). The molecule has 6 N–H and O–H groups in total. The van der Waals surface area contributed by atoms with Crippen molar-refractivity contribution < 1.29 is 40.1 Å². The van der Waals surface area contributed by atoms with Crippen LogP contribution >= 0.6 is 0 Å². The Kier molecular flexibility index (Phi) is 11.7. The van der Waals surface area contributed by atoms with Crippen molar-refractivity contribution in [2.45, 2.75) is 62.7 Å². The molecule has 1 aliphatic heterocycles. The molecule has 0 aliphatic carbocycles. The minimum atomic E-state index is -1.60. The van der Waals surface area contributed by atoms with Crippen molar-refractivity contribution in [3.05, 3.63) is 24.3 Å². The number of rotatable bonds is 8. The molecule has 1 heterocycles.